The summed E-state index contributed by atoms with van der Waals surface area (Å²) in [6.07, 6.45) is 0. The first kappa shape index (κ1) is 19.6. The van der Waals surface area contributed by atoms with Gasteiger partial charge in [-0.1, -0.05) is 6.07 Å². The number of benzene rings is 1. The summed E-state index contributed by atoms with van der Waals surface area (Å²) in [7, 11) is -1.67. The average Bonchev–Trinajstić information content (AvgIpc) is 2.70. The lowest BCUT2D eigenvalue weighted by Gasteiger charge is -2.19. The molecule has 2 rings (SSSR count). The molecule has 0 saturated carbocycles. The SMILES string of the molecule is CN(CC(=O)Nc1cccc(F)c1)CC(=O)N[C@H]1CS(=O)(=O)C[C@@H]1Cl. The number of carbonyl (C=O) groups is 2. The van der Waals surface area contributed by atoms with Gasteiger partial charge in [0.15, 0.2) is 9.84 Å². The third-order valence-electron chi connectivity index (χ3n) is 3.57. The Morgan fingerprint density at radius 1 is 1.28 bits per heavy atom. The predicted octanol–water partition coefficient (Wildman–Crippen LogP) is 0.217. The number of nitrogens with one attached hydrogen (secondary N) is 2. The fourth-order valence-corrected chi connectivity index (χ4v) is 5.05. The Hall–Kier alpha value is -1.71. The van der Waals surface area contributed by atoms with Gasteiger partial charge in [0.1, 0.15) is 5.82 Å². The van der Waals surface area contributed by atoms with Crippen molar-refractivity contribution in [2.45, 2.75) is 11.4 Å². The molecule has 0 bridgehead atoms. The van der Waals surface area contributed by atoms with Gasteiger partial charge in [-0.25, -0.2) is 12.8 Å². The Kier molecular flexibility index (Phi) is 6.36. The molecule has 1 saturated heterocycles. The highest BCUT2D eigenvalue weighted by Crippen LogP contribution is 2.17. The van der Waals surface area contributed by atoms with E-state index in [4.69, 9.17) is 11.6 Å². The fourth-order valence-electron chi connectivity index (χ4n) is 2.50. The second-order valence-electron chi connectivity index (χ2n) is 6.00. The largest absolute Gasteiger partial charge is 0.350 e. The van der Waals surface area contributed by atoms with Crippen molar-refractivity contribution in [3.05, 3.63) is 30.1 Å². The van der Waals surface area contributed by atoms with E-state index in [1.165, 1.54) is 23.1 Å². The van der Waals surface area contributed by atoms with Gasteiger partial charge in [-0.15, -0.1) is 11.6 Å². The first-order valence-corrected chi connectivity index (χ1v) is 9.78. The van der Waals surface area contributed by atoms with Gasteiger partial charge in [0.05, 0.1) is 36.0 Å². The summed E-state index contributed by atoms with van der Waals surface area (Å²) in [5.74, 6) is -1.64. The van der Waals surface area contributed by atoms with Crippen LogP contribution < -0.4 is 10.6 Å². The molecule has 1 aliphatic rings. The van der Waals surface area contributed by atoms with Gasteiger partial charge >= 0.3 is 0 Å². The van der Waals surface area contributed by atoms with E-state index >= 15 is 0 Å². The van der Waals surface area contributed by atoms with Crippen LogP contribution in [-0.2, 0) is 19.4 Å². The monoisotopic (exact) mass is 391 g/mol. The van der Waals surface area contributed by atoms with Gasteiger partial charge in [0.2, 0.25) is 11.8 Å². The van der Waals surface area contributed by atoms with Crippen molar-refractivity contribution < 1.29 is 22.4 Å². The minimum Gasteiger partial charge on any atom is -0.350 e. The summed E-state index contributed by atoms with van der Waals surface area (Å²) in [5.41, 5.74) is 0.323. The number of sulfone groups is 1. The molecule has 2 atom stereocenters. The molecule has 1 aromatic carbocycles. The third-order valence-corrected chi connectivity index (χ3v) is 5.94. The highest BCUT2D eigenvalue weighted by molar-refractivity contribution is 7.91. The number of hydrogen-bond donors (Lipinski definition) is 2. The standard InChI is InChI=1S/C15H19ClFN3O4S/c1-20(6-14(21)18-11-4-2-3-10(17)5-11)7-15(22)19-13-9-25(23,24)8-12(13)16/h2-5,12-13H,6-9H2,1H3,(H,18,21)(H,19,22)/t12-,13-/m0/s1. The topological polar surface area (TPSA) is 95.6 Å². The molecule has 0 spiro atoms. The number of alkyl halides is 1. The highest BCUT2D eigenvalue weighted by Gasteiger charge is 2.37. The number of carbonyl (C=O) groups excluding carboxylic acids is 2. The molecule has 25 heavy (non-hydrogen) atoms. The second kappa shape index (κ2) is 8.11. The Bertz CT molecular complexity index is 759. The van der Waals surface area contributed by atoms with Crippen molar-refractivity contribution in [3.8, 4) is 0 Å². The van der Waals surface area contributed by atoms with E-state index < -0.39 is 38.9 Å². The molecule has 0 aromatic heterocycles. The Labute approximate surface area is 150 Å². The lowest BCUT2D eigenvalue weighted by molar-refractivity contribution is -0.123. The van der Waals surface area contributed by atoms with E-state index in [2.05, 4.69) is 10.6 Å². The lowest BCUT2D eigenvalue weighted by Crippen LogP contribution is -2.46. The zero-order valence-electron chi connectivity index (χ0n) is 13.5. The van der Waals surface area contributed by atoms with Crippen LogP contribution in [0.3, 0.4) is 0 Å². The first-order valence-electron chi connectivity index (χ1n) is 7.52. The van der Waals surface area contributed by atoms with Crippen molar-refractivity contribution in [2.24, 2.45) is 0 Å². The summed E-state index contributed by atoms with van der Waals surface area (Å²) in [4.78, 5) is 25.3. The van der Waals surface area contributed by atoms with Crippen LogP contribution in [0.25, 0.3) is 0 Å². The van der Waals surface area contributed by atoms with Gasteiger partial charge in [0.25, 0.3) is 0 Å². The van der Waals surface area contributed by atoms with Crippen molar-refractivity contribution in [3.63, 3.8) is 0 Å². The Morgan fingerprint density at radius 2 is 1.96 bits per heavy atom. The lowest BCUT2D eigenvalue weighted by atomic mass is 10.2. The van der Waals surface area contributed by atoms with Crippen LogP contribution in [-0.4, -0.2) is 68.2 Å². The van der Waals surface area contributed by atoms with Gasteiger partial charge in [-0.3, -0.25) is 14.5 Å². The number of halogens is 2. The maximum Gasteiger partial charge on any atom is 0.238 e. The van der Waals surface area contributed by atoms with E-state index in [1.807, 2.05) is 0 Å². The van der Waals surface area contributed by atoms with Crippen LogP contribution in [0.15, 0.2) is 24.3 Å². The molecule has 1 fully saturated rings. The van der Waals surface area contributed by atoms with E-state index in [1.54, 1.807) is 13.1 Å². The van der Waals surface area contributed by atoms with Crippen molar-refractivity contribution >= 4 is 38.9 Å². The quantitative estimate of drug-likeness (QED) is 0.676. The van der Waals surface area contributed by atoms with Gasteiger partial charge < -0.3 is 10.6 Å². The molecule has 2 N–H and O–H groups in total. The van der Waals surface area contributed by atoms with Gasteiger partial charge in [0, 0.05) is 5.69 Å². The Balaban J connectivity index is 1.78. The summed E-state index contributed by atoms with van der Waals surface area (Å²) >= 11 is 5.93. The first-order chi connectivity index (χ1) is 11.6. The molecule has 138 valence electrons. The predicted molar refractivity (Wildman–Crippen MR) is 92.8 cm³/mol. The zero-order chi connectivity index (χ0) is 18.6. The molecule has 1 heterocycles. The number of amides is 2. The molecular weight excluding hydrogens is 373 g/mol. The fraction of sp³-hybridized carbons (Fsp3) is 0.467. The van der Waals surface area contributed by atoms with Gasteiger partial charge in [-0.2, -0.15) is 0 Å². The summed E-state index contributed by atoms with van der Waals surface area (Å²) in [5, 5.41) is 4.44. The zero-order valence-corrected chi connectivity index (χ0v) is 15.1. The molecule has 0 unspecified atom stereocenters. The number of anilines is 1. The molecular formula is C15H19ClFN3O4S. The van der Waals surface area contributed by atoms with Crippen LogP contribution in [0, 0.1) is 5.82 Å². The van der Waals surface area contributed by atoms with Crippen LogP contribution >= 0.6 is 11.6 Å². The second-order valence-corrected chi connectivity index (χ2v) is 8.71. The number of rotatable bonds is 6. The van der Waals surface area contributed by atoms with Crippen LogP contribution in [0.1, 0.15) is 0 Å². The van der Waals surface area contributed by atoms with E-state index in [0.29, 0.717) is 5.69 Å². The van der Waals surface area contributed by atoms with E-state index in [-0.39, 0.29) is 24.6 Å². The minimum atomic E-state index is -3.23. The Morgan fingerprint density at radius 3 is 2.56 bits per heavy atom. The summed E-state index contributed by atoms with van der Waals surface area (Å²) in [6, 6.07) is 4.84. The van der Waals surface area contributed by atoms with Crippen LogP contribution in [0.2, 0.25) is 0 Å². The summed E-state index contributed by atoms with van der Waals surface area (Å²) < 4.78 is 36.0. The number of likely N-dealkylation sites (N-methyl/N-ethyl adjacent to an activating group) is 1. The number of nitrogens with zero attached hydrogens (tertiary/aromatic N) is 1. The molecule has 10 heteroatoms. The highest BCUT2D eigenvalue weighted by atomic mass is 35.5. The van der Waals surface area contributed by atoms with Gasteiger partial charge in [-0.05, 0) is 25.2 Å². The van der Waals surface area contributed by atoms with Crippen molar-refractivity contribution in [1.82, 2.24) is 10.2 Å². The molecule has 1 aromatic rings. The number of hydrogen-bond acceptors (Lipinski definition) is 5. The van der Waals surface area contributed by atoms with E-state index in [0.717, 1.165) is 0 Å². The van der Waals surface area contributed by atoms with Crippen molar-refractivity contribution in [2.75, 3.05) is 37.0 Å². The van der Waals surface area contributed by atoms with E-state index in [9.17, 15) is 22.4 Å². The minimum absolute atomic E-state index is 0.0861. The normalized spacial score (nSPS) is 21.9. The molecule has 0 aliphatic carbocycles. The average molecular weight is 392 g/mol. The molecule has 1 aliphatic heterocycles. The maximum absolute atomic E-state index is 13.1. The maximum atomic E-state index is 13.1. The summed E-state index contributed by atoms with van der Waals surface area (Å²) in [6.45, 7) is -0.187. The third kappa shape index (κ3) is 6.26. The smallest absolute Gasteiger partial charge is 0.238 e. The van der Waals surface area contributed by atoms with Crippen LogP contribution in [0.4, 0.5) is 10.1 Å². The molecule has 0 radical (unpaired) electrons. The molecule has 2 amide bonds. The molecule has 7 nitrogen and oxygen atoms in total. The van der Waals surface area contributed by atoms with Crippen molar-refractivity contribution in [1.29, 1.82) is 0 Å². The van der Waals surface area contributed by atoms with Crippen LogP contribution in [0.5, 0.6) is 0 Å².